The number of aliphatic imine (C=N–C) groups is 1. The van der Waals surface area contributed by atoms with Gasteiger partial charge in [0.15, 0.2) is 5.96 Å². The molecule has 0 saturated carbocycles. The number of hydrogen-bond donors (Lipinski definition) is 2. The third-order valence-corrected chi connectivity index (χ3v) is 5.79. The Morgan fingerprint density at radius 3 is 2.58 bits per heavy atom. The zero-order valence-electron chi connectivity index (χ0n) is 19.3. The minimum absolute atomic E-state index is 0.289. The van der Waals surface area contributed by atoms with Crippen molar-refractivity contribution in [3.05, 3.63) is 47.8 Å². The Balaban J connectivity index is 1.61. The van der Waals surface area contributed by atoms with Gasteiger partial charge in [-0.3, -0.25) is 14.6 Å². The van der Waals surface area contributed by atoms with E-state index in [1.165, 1.54) is 30.4 Å². The topological polar surface area (TPSA) is 66.7 Å². The van der Waals surface area contributed by atoms with Crippen molar-refractivity contribution in [3.63, 3.8) is 0 Å². The van der Waals surface area contributed by atoms with E-state index in [4.69, 9.17) is 9.73 Å². The summed E-state index contributed by atoms with van der Waals surface area (Å²) in [7, 11) is 3.67. The van der Waals surface area contributed by atoms with Gasteiger partial charge in [0.25, 0.3) is 0 Å². The molecular formula is C24H38N6O. The zero-order chi connectivity index (χ0) is 21.9. The molecule has 2 N–H and O–H groups in total. The summed E-state index contributed by atoms with van der Waals surface area (Å²) >= 11 is 0. The lowest BCUT2D eigenvalue weighted by atomic mass is 10.0. The Hall–Kier alpha value is -2.54. The van der Waals surface area contributed by atoms with Gasteiger partial charge in [0.05, 0.1) is 25.9 Å². The van der Waals surface area contributed by atoms with Gasteiger partial charge in [-0.05, 0) is 69.0 Å². The molecule has 0 amide bonds. The SMILES string of the molecule is CCNC(=NCC(c1ccc(OC)cc1)N1CCCCC1)NCCCc1cnn(C)c1. The van der Waals surface area contributed by atoms with Crippen molar-refractivity contribution in [3.8, 4) is 5.75 Å². The van der Waals surface area contributed by atoms with Crippen LogP contribution in [0.4, 0.5) is 0 Å². The Labute approximate surface area is 186 Å². The number of aryl methyl sites for hydroxylation is 2. The highest BCUT2D eigenvalue weighted by Crippen LogP contribution is 2.26. The molecule has 1 aliphatic heterocycles. The van der Waals surface area contributed by atoms with Crippen LogP contribution in [0, 0.1) is 0 Å². The largest absolute Gasteiger partial charge is 0.497 e. The molecule has 3 rings (SSSR count). The smallest absolute Gasteiger partial charge is 0.191 e. The second kappa shape index (κ2) is 12.3. The second-order valence-corrected chi connectivity index (χ2v) is 8.16. The molecule has 7 nitrogen and oxygen atoms in total. The van der Waals surface area contributed by atoms with Gasteiger partial charge in [0.2, 0.25) is 0 Å². The molecule has 1 atom stereocenters. The van der Waals surface area contributed by atoms with Crippen molar-refractivity contribution in [2.75, 3.05) is 39.8 Å². The third-order valence-electron chi connectivity index (χ3n) is 5.79. The molecule has 7 heteroatoms. The number of hydrogen-bond acceptors (Lipinski definition) is 4. The highest BCUT2D eigenvalue weighted by atomic mass is 16.5. The fraction of sp³-hybridized carbons (Fsp3) is 0.583. The van der Waals surface area contributed by atoms with Gasteiger partial charge in [-0.2, -0.15) is 5.10 Å². The van der Waals surface area contributed by atoms with Crippen LogP contribution >= 0.6 is 0 Å². The fourth-order valence-electron chi connectivity index (χ4n) is 4.11. The van der Waals surface area contributed by atoms with Crippen LogP contribution in [0.2, 0.25) is 0 Å². The van der Waals surface area contributed by atoms with Crippen molar-refractivity contribution in [2.45, 2.75) is 45.1 Å². The number of nitrogens with one attached hydrogen (secondary N) is 2. The van der Waals surface area contributed by atoms with Gasteiger partial charge in [-0.1, -0.05) is 18.6 Å². The van der Waals surface area contributed by atoms with Gasteiger partial charge >= 0.3 is 0 Å². The van der Waals surface area contributed by atoms with Crippen LogP contribution in [-0.4, -0.2) is 60.5 Å². The van der Waals surface area contributed by atoms with Gasteiger partial charge in [0.1, 0.15) is 5.75 Å². The zero-order valence-corrected chi connectivity index (χ0v) is 19.3. The summed E-state index contributed by atoms with van der Waals surface area (Å²) in [5.41, 5.74) is 2.58. The monoisotopic (exact) mass is 426 g/mol. The lowest BCUT2D eigenvalue weighted by molar-refractivity contribution is 0.167. The van der Waals surface area contributed by atoms with Crippen LogP contribution in [0.15, 0.2) is 41.7 Å². The van der Waals surface area contributed by atoms with E-state index in [-0.39, 0.29) is 6.04 Å². The van der Waals surface area contributed by atoms with E-state index in [2.05, 4.69) is 58.0 Å². The second-order valence-electron chi connectivity index (χ2n) is 8.16. The molecule has 1 fully saturated rings. The number of piperidine rings is 1. The number of methoxy groups -OCH3 is 1. The number of likely N-dealkylation sites (tertiary alicyclic amines) is 1. The van der Waals surface area contributed by atoms with Gasteiger partial charge in [-0.25, -0.2) is 0 Å². The summed E-state index contributed by atoms with van der Waals surface area (Å²) in [5, 5.41) is 11.1. The fourth-order valence-corrected chi connectivity index (χ4v) is 4.11. The standard InChI is InChI=1S/C24H38N6O/c1-4-25-24(26-14-8-9-20-17-28-29(2)19-20)27-18-23(30-15-6-5-7-16-30)21-10-12-22(31-3)13-11-21/h10-13,17,19,23H,4-9,14-16,18H2,1-3H3,(H2,25,26,27). The molecule has 170 valence electrons. The van der Waals surface area contributed by atoms with Gasteiger partial charge in [-0.15, -0.1) is 0 Å². The highest BCUT2D eigenvalue weighted by Gasteiger charge is 2.22. The lowest BCUT2D eigenvalue weighted by Crippen LogP contribution is -2.40. The lowest BCUT2D eigenvalue weighted by Gasteiger charge is -2.34. The van der Waals surface area contributed by atoms with E-state index in [1.54, 1.807) is 7.11 Å². The first kappa shape index (κ1) is 23.1. The first-order valence-electron chi connectivity index (χ1n) is 11.6. The number of benzene rings is 1. The summed E-state index contributed by atoms with van der Waals surface area (Å²) in [4.78, 5) is 7.55. The van der Waals surface area contributed by atoms with Crippen LogP contribution in [0.3, 0.4) is 0 Å². The molecule has 1 aliphatic rings. The molecule has 31 heavy (non-hydrogen) atoms. The predicted octanol–water partition coefficient (Wildman–Crippen LogP) is 3.14. The number of nitrogens with zero attached hydrogens (tertiary/aromatic N) is 4. The van der Waals surface area contributed by atoms with Crippen molar-refractivity contribution < 1.29 is 4.74 Å². The van der Waals surface area contributed by atoms with E-state index in [0.29, 0.717) is 0 Å². The summed E-state index contributed by atoms with van der Waals surface area (Å²) in [6.45, 7) is 6.87. The Kier molecular flexibility index (Phi) is 9.21. The summed E-state index contributed by atoms with van der Waals surface area (Å²) < 4.78 is 7.20. The van der Waals surface area contributed by atoms with Crippen molar-refractivity contribution in [1.82, 2.24) is 25.3 Å². The van der Waals surface area contributed by atoms with Crippen LogP contribution in [-0.2, 0) is 13.5 Å². The maximum absolute atomic E-state index is 5.35. The number of guanidine groups is 1. The molecular weight excluding hydrogens is 388 g/mol. The van der Waals surface area contributed by atoms with Crippen molar-refractivity contribution >= 4 is 5.96 Å². The first-order valence-corrected chi connectivity index (χ1v) is 11.6. The molecule has 2 heterocycles. The van der Waals surface area contributed by atoms with E-state index in [0.717, 1.165) is 57.3 Å². The third kappa shape index (κ3) is 7.28. The van der Waals surface area contributed by atoms with Crippen LogP contribution < -0.4 is 15.4 Å². The molecule has 1 aromatic carbocycles. The average molecular weight is 427 g/mol. The van der Waals surface area contributed by atoms with Gasteiger partial charge in [0, 0.05) is 26.3 Å². The molecule has 0 bridgehead atoms. The summed E-state index contributed by atoms with van der Waals surface area (Å²) in [5.74, 6) is 1.79. The van der Waals surface area contributed by atoms with Crippen molar-refractivity contribution in [2.24, 2.45) is 12.0 Å². The Morgan fingerprint density at radius 2 is 1.94 bits per heavy atom. The van der Waals surface area contributed by atoms with Crippen LogP contribution in [0.5, 0.6) is 5.75 Å². The Bertz CT molecular complexity index is 795. The first-order chi connectivity index (χ1) is 15.2. The average Bonchev–Trinajstić information content (AvgIpc) is 3.22. The van der Waals surface area contributed by atoms with Crippen LogP contribution in [0.1, 0.15) is 49.8 Å². The van der Waals surface area contributed by atoms with E-state index in [9.17, 15) is 0 Å². The van der Waals surface area contributed by atoms with E-state index in [1.807, 2.05) is 17.9 Å². The molecule has 2 aromatic rings. The molecule has 0 radical (unpaired) electrons. The van der Waals surface area contributed by atoms with E-state index >= 15 is 0 Å². The molecule has 1 saturated heterocycles. The number of rotatable bonds is 10. The quantitative estimate of drug-likeness (QED) is 0.347. The molecule has 1 unspecified atom stereocenters. The molecule has 0 spiro atoms. The highest BCUT2D eigenvalue weighted by molar-refractivity contribution is 5.79. The summed E-state index contributed by atoms with van der Waals surface area (Å²) in [6, 6.07) is 8.76. The minimum Gasteiger partial charge on any atom is -0.497 e. The Morgan fingerprint density at radius 1 is 1.16 bits per heavy atom. The normalized spacial score (nSPS) is 16.2. The number of aromatic nitrogens is 2. The summed E-state index contributed by atoms with van der Waals surface area (Å²) in [6.07, 6.45) is 9.95. The predicted molar refractivity (Wildman–Crippen MR) is 127 cm³/mol. The maximum Gasteiger partial charge on any atom is 0.191 e. The maximum atomic E-state index is 5.35. The van der Waals surface area contributed by atoms with Gasteiger partial charge < -0.3 is 15.4 Å². The minimum atomic E-state index is 0.289. The van der Waals surface area contributed by atoms with E-state index < -0.39 is 0 Å². The molecule has 1 aromatic heterocycles. The number of ether oxygens (including phenoxy) is 1. The van der Waals surface area contributed by atoms with Crippen LogP contribution in [0.25, 0.3) is 0 Å². The molecule has 0 aliphatic carbocycles. The van der Waals surface area contributed by atoms with Crippen molar-refractivity contribution in [1.29, 1.82) is 0 Å².